The highest BCUT2D eigenvalue weighted by atomic mass is 16.5. The number of amidine groups is 1. The lowest BCUT2D eigenvalue weighted by Gasteiger charge is -2.14. The molecule has 0 aliphatic rings. The van der Waals surface area contributed by atoms with Crippen LogP contribution in [0.1, 0.15) is 21.7 Å². The number of carbonyl (C=O) groups is 2. The van der Waals surface area contributed by atoms with Gasteiger partial charge in [-0.15, -0.1) is 0 Å². The van der Waals surface area contributed by atoms with Crippen molar-refractivity contribution in [1.82, 2.24) is 5.32 Å². The zero-order chi connectivity index (χ0) is 22.9. The van der Waals surface area contributed by atoms with Crippen LogP contribution in [0.15, 0.2) is 71.3 Å². The summed E-state index contributed by atoms with van der Waals surface area (Å²) in [5.74, 6) is -0.423. The van der Waals surface area contributed by atoms with Gasteiger partial charge in [0.1, 0.15) is 36.6 Å². The smallest absolute Gasteiger partial charge is 0.326 e. The van der Waals surface area contributed by atoms with Crippen molar-refractivity contribution in [2.24, 2.45) is 5.73 Å². The first-order valence-electron chi connectivity index (χ1n) is 9.78. The van der Waals surface area contributed by atoms with Crippen LogP contribution < -0.4 is 20.5 Å². The number of ether oxygens (including phenoxy) is 2. The maximum absolute atomic E-state index is 12.0. The van der Waals surface area contributed by atoms with Crippen LogP contribution in [0, 0.1) is 5.41 Å². The van der Waals surface area contributed by atoms with E-state index in [4.69, 9.17) is 25.0 Å². The number of furan rings is 1. The molecule has 1 amide bonds. The van der Waals surface area contributed by atoms with Gasteiger partial charge in [0.05, 0.1) is 6.26 Å². The predicted octanol–water partition coefficient (Wildman–Crippen LogP) is 2.45. The Morgan fingerprint density at radius 3 is 2.09 bits per heavy atom. The van der Waals surface area contributed by atoms with Crippen molar-refractivity contribution in [3.8, 4) is 11.5 Å². The van der Waals surface area contributed by atoms with E-state index in [1.807, 2.05) is 0 Å². The summed E-state index contributed by atoms with van der Waals surface area (Å²) in [5, 5.41) is 19.2. The predicted molar refractivity (Wildman–Crippen MR) is 116 cm³/mol. The lowest BCUT2D eigenvalue weighted by Crippen LogP contribution is -2.42. The van der Waals surface area contributed by atoms with Crippen molar-refractivity contribution in [3.05, 3.63) is 83.8 Å². The zero-order valence-electron chi connectivity index (χ0n) is 17.1. The number of benzene rings is 2. The van der Waals surface area contributed by atoms with Crippen molar-refractivity contribution in [2.45, 2.75) is 12.5 Å². The minimum Gasteiger partial charge on any atom is -0.490 e. The molecule has 1 unspecified atom stereocenters. The van der Waals surface area contributed by atoms with Gasteiger partial charge in [-0.05, 0) is 54.1 Å². The fraction of sp³-hybridized carbons (Fsp3) is 0.174. The highest BCUT2D eigenvalue weighted by Crippen LogP contribution is 2.15. The van der Waals surface area contributed by atoms with Crippen molar-refractivity contribution in [1.29, 1.82) is 5.41 Å². The van der Waals surface area contributed by atoms with Crippen LogP contribution in [0.5, 0.6) is 11.5 Å². The first-order chi connectivity index (χ1) is 15.4. The Hall–Kier alpha value is -4.27. The lowest BCUT2D eigenvalue weighted by molar-refractivity contribution is -0.139. The number of carboxylic acids is 1. The number of aliphatic carboxylic acids is 1. The molecule has 9 heteroatoms. The van der Waals surface area contributed by atoms with E-state index in [9.17, 15) is 14.7 Å². The topological polar surface area (TPSA) is 148 Å². The maximum atomic E-state index is 12.0. The molecule has 0 saturated carbocycles. The number of nitrogens with two attached hydrogens (primary N) is 1. The normalized spacial score (nSPS) is 11.4. The van der Waals surface area contributed by atoms with E-state index < -0.39 is 17.9 Å². The third kappa shape index (κ3) is 6.36. The van der Waals surface area contributed by atoms with Gasteiger partial charge in [0.2, 0.25) is 0 Å². The molecule has 1 atom stereocenters. The number of nitrogen functional groups attached to an aromatic ring is 1. The van der Waals surface area contributed by atoms with Crippen molar-refractivity contribution >= 4 is 17.7 Å². The molecule has 0 saturated heterocycles. The SMILES string of the molecule is N=C(N)c1ccc(OCCOc2ccc(CC(NC(=O)c3ccco3)C(=O)O)cc2)cc1. The standard InChI is InChI=1S/C23H23N3O6/c24-21(25)16-5-9-18(10-6-16)31-13-12-30-17-7-3-15(4-8-17)14-19(23(28)29)26-22(27)20-2-1-11-32-20/h1-11,19H,12-14H2,(H3,24,25)(H,26,27)(H,28,29). The zero-order valence-corrected chi connectivity index (χ0v) is 17.1. The molecule has 32 heavy (non-hydrogen) atoms. The molecule has 0 aliphatic heterocycles. The first kappa shape index (κ1) is 22.4. The molecule has 0 aliphatic carbocycles. The minimum absolute atomic E-state index is 0.00194. The number of rotatable bonds is 11. The van der Waals surface area contributed by atoms with Gasteiger partial charge in [-0.3, -0.25) is 10.2 Å². The molecular weight excluding hydrogens is 414 g/mol. The number of nitrogens with one attached hydrogen (secondary N) is 2. The Kier molecular flexibility index (Phi) is 7.47. The van der Waals surface area contributed by atoms with Crippen LogP contribution in [0.3, 0.4) is 0 Å². The van der Waals surface area contributed by atoms with Gasteiger partial charge in [-0.1, -0.05) is 12.1 Å². The van der Waals surface area contributed by atoms with Crippen molar-refractivity contribution in [2.75, 3.05) is 13.2 Å². The third-order valence-electron chi connectivity index (χ3n) is 4.50. The van der Waals surface area contributed by atoms with Gasteiger partial charge in [0.15, 0.2) is 5.76 Å². The highest BCUT2D eigenvalue weighted by Gasteiger charge is 2.22. The van der Waals surface area contributed by atoms with E-state index >= 15 is 0 Å². The molecule has 3 aromatic rings. The Morgan fingerprint density at radius 2 is 1.59 bits per heavy atom. The first-order valence-corrected chi connectivity index (χ1v) is 9.78. The van der Waals surface area contributed by atoms with Crippen LogP contribution in [-0.2, 0) is 11.2 Å². The number of carbonyl (C=O) groups excluding carboxylic acids is 1. The summed E-state index contributed by atoms with van der Waals surface area (Å²) in [4.78, 5) is 23.6. The molecule has 5 N–H and O–H groups in total. The van der Waals surface area contributed by atoms with E-state index in [1.165, 1.54) is 12.3 Å². The molecule has 2 aromatic carbocycles. The molecule has 0 radical (unpaired) electrons. The average molecular weight is 437 g/mol. The van der Waals surface area contributed by atoms with Gasteiger partial charge in [0.25, 0.3) is 5.91 Å². The molecule has 0 fully saturated rings. The fourth-order valence-corrected chi connectivity index (χ4v) is 2.84. The van der Waals surface area contributed by atoms with E-state index in [1.54, 1.807) is 54.6 Å². The summed E-state index contributed by atoms with van der Waals surface area (Å²) in [6.45, 7) is 0.631. The maximum Gasteiger partial charge on any atom is 0.326 e. The van der Waals surface area contributed by atoms with Gasteiger partial charge in [-0.2, -0.15) is 0 Å². The molecule has 9 nitrogen and oxygen atoms in total. The van der Waals surface area contributed by atoms with Crippen LogP contribution in [0.25, 0.3) is 0 Å². The van der Waals surface area contributed by atoms with E-state index in [2.05, 4.69) is 5.32 Å². The molecule has 1 aromatic heterocycles. The Balaban J connectivity index is 1.45. The molecule has 3 rings (SSSR count). The summed E-state index contributed by atoms with van der Waals surface area (Å²) in [6.07, 6.45) is 1.46. The molecule has 0 bridgehead atoms. The largest absolute Gasteiger partial charge is 0.490 e. The van der Waals surface area contributed by atoms with Crippen molar-refractivity contribution < 1.29 is 28.6 Å². The molecule has 166 valence electrons. The fourth-order valence-electron chi connectivity index (χ4n) is 2.84. The average Bonchev–Trinajstić information content (AvgIpc) is 3.33. The van der Waals surface area contributed by atoms with Gasteiger partial charge in [0, 0.05) is 12.0 Å². The summed E-state index contributed by atoms with van der Waals surface area (Å²) in [6, 6.07) is 15.7. The monoisotopic (exact) mass is 437 g/mol. The molecular formula is C23H23N3O6. The quantitative estimate of drug-likeness (QED) is 0.205. The second kappa shape index (κ2) is 10.7. The summed E-state index contributed by atoms with van der Waals surface area (Å²) in [5.41, 5.74) is 6.77. The summed E-state index contributed by atoms with van der Waals surface area (Å²) in [7, 11) is 0. The Bertz CT molecular complexity index is 1050. The van der Waals surface area contributed by atoms with E-state index in [0.29, 0.717) is 30.3 Å². The Labute approximate surface area is 184 Å². The van der Waals surface area contributed by atoms with Gasteiger partial charge < -0.3 is 30.0 Å². The molecule has 0 spiro atoms. The minimum atomic E-state index is -1.14. The van der Waals surface area contributed by atoms with Gasteiger partial charge in [-0.25, -0.2) is 4.79 Å². The van der Waals surface area contributed by atoms with Crippen LogP contribution >= 0.6 is 0 Å². The van der Waals surface area contributed by atoms with Crippen molar-refractivity contribution in [3.63, 3.8) is 0 Å². The second-order valence-electron chi connectivity index (χ2n) is 6.82. The van der Waals surface area contributed by atoms with Crippen LogP contribution in [-0.4, -0.2) is 42.1 Å². The van der Waals surface area contributed by atoms with E-state index in [-0.39, 0.29) is 18.0 Å². The highest BCUT2D eigenvalue weighted by molar-refractivity contribution is 5.95. The summed E-state index contributed by atoms with van der Waals surface area (Å²) < 4.78 is 16.2. The lowest BCUT2D eigenvalue weighted by atomic mass is 10.1. The Morgan fingerprint density at radius 1 is 1.00 bits per heavy atom. The van der Waals surface area contributed by atoms with E-state index in [0.717, 1.165) is 5.56 Å². The second-order valence-corrected chi connectivity index (χ2v) is 6.82. The molecule has 1 heterocycles. The third-order valence-corrected chi connectivity index (χ3v) is 4.50. The van der Waals surface area contributed by atoms with Crippen LogP contribution in [0.2, 0.25) is 0 Å². The van der Waals surface area contributed by atoms with Gasteiger partial charge >= 0.3 is 5.97 Å². The number of carboxylic acid groups (broad SMARTS) is 1. The number of hydrogen-bond acceptors (Lipinski definition) is 6. The van der Waals surface area contributed by atoms with Crippen LogP contribution in [0.4, 0.5) is 0 Å². The summed E-state index contributed by atoms with van der Waals surface area (Å²) >= 11 is 0. The number of hydrogen-bond donors (Lipinski definition) is 4. The number of amides is 1.